The molecule has 3 heterocycles. The van der Waals surface area contributed by atoms with Crippen LogP contribution in [0.1, 0.15) is 11.3 Å². The number of halogens is 1. The number of nitriles is 1. The Kier molecular flexibility index (Phi) is 4.81. The van der Waals surface area contributed by atoms with Crippen molar-refractivity contribution in [2.45, 2.75) is 6.54 Å². The molecule has 158 valence electrons. The zero-order chi connectivity index (χ0) is 21.5. The van der Waals surface area contributed by atoms with Crippen LogP contribution in [0.2, 0.25) is 5.02 Å². The molecule has 5 rings (SSSR count). The largest absolute Gasteiger partial charge is 0.804 e. The summed E-state index contributed by atoms with van der Waals surface area (Å²) in [5, 5.41) is 23.0. The first-order valence-electron chi connectivity index (χ1n) is 9.79. The molecule has 1 aromatic heterocycles. The summed E-state index contributed by atoms with van der Waals surface area (Å²) in [6.45, 7) is 3.32. The van der Waals surface area contributed by atoms with Gasteiger partial charge in [-0.1, -0.05) is 17.7 Å². The molecule has 0 bridgehead atoms. The molecule has 0 saturated carbocycles. The van der Waals surface area contributed by atoms with Crippen LogP contribution in [-0.2, 0) is 6.54 Å². The van der Waals surface area contributed by atoms with E-state index in [0.29, 0.717) is 40.4 Å². The Hall–Kier alpha value is -3.48. The highest BCUT2D eigenvalue weighted by Gasteiger charge is 2.29. The van der Waals surface area contributed by atoms with E-state index in [0.717, 1.165) is 23.6 Å². The summed E-state index contributed by atoms with van der Waals surface area (Å²) < 4.78 is 11.9. The number of anilines is 1. The molecule has 0 aliphatic carbocycles. The Balaban J connectivity index is 1.38. The number of rotatable bonds is 3. The maximum Gasteiger partial charge on any atom is 0.379 e. The molecule has 9 nitrogen and oxygen atoms in total. The highest BCUT2D eigenvalue weighted by molar-refractivity contribution is 6.31. The van der Waals surface area contributed by atoms with Gasteiger partial charge in [-0.05, 0) is 29.8 Å². The maximum atomic E-state index is 13.1. The molecule has 10 heteroatoms. The van der Waals surface area contributed by atoms with Crippen molar-refractivity contribution in [3.05, 3.63) is 62.8 Å². The summed E-state index contributed by atoms with van der Waals surface area (Å²) in [5.41, 5.74) is 1.14. The molecule has 2 aliphatic heterocycles. The van der Waals surface area contributed by atoms with E-state index in [1.807, 2.05) is 24.3 Å². The molecule has 0 radical (unpaired) electrons. The van der Waals surface area contributed by atoms with Gasteiger partial charge in [-0.2, -0.15) is 5.26 Å². The second-order valence-electron chi connectivity index (χ2n) is 7.46. The molecule has 2 aliphatic rings. The van der Waals surface area contributed by atoms with Gasteiger partial charge in [0, 0.05) is 48.7 Å². The summed E-state index contributed by atoms with van der Waals surface area (Å²) in [6, 6.07) is 12.2. The van der Waals surface area contributed by atoms with Crippen molar-refractivity contribution >= 4 is 28.5 Å². The van der Waals surface area contributed by atoms with Gasteiger partial charge in [-0.25, -0.2) is 0 Å². The van der Waals surface area contributed by atoms with E-state index in [2.05, 4.69) is 4.90 Å². The van der Waals surface area contributed by atoms with Gasteiger partial charge in [0.05, 0.1) is 4.43 Å². The number of benzene rings is 2. The number of aromatic nitrogens is 2. The fraction of sp³-hybridized carbons (Fsp3) is 0.286. The third-order valence-corrected chi connectivity index (χ3v) is 5.84. The number of nitrogens with zero attached hydrogens (tertiary/aromatic N) is 5. The van der Waals surface area contributed by atoms with E-state index in [4.69, 9.17) is 21.1 Å². The molecule has 0 unspecified atom stereocenters. The van der Waals surface area contributed by atoms with Gasteiger partial charge in [-0.3, -0.25) is 4.90 Å². The number of piperazine rings is 1. The maximum absolute atomic E-state index is 13.1. The van der Waals surface area contributed by atoms with Crippen molar-refractivity contribution in [3.8, 4) is 17.6 Å². The summed E-state index contributed by atoms with van der Waals surface area (Å²) in [4.78, 5) is 16.8. The summed E-state index contributed by atoms with van der Waals surface area (Å²) >= 11 is 6.02. The van der Waals surface area contributed by atoms with Gasteiger partial charge < -0.3 is 24.3 Å². The number of hydrogen-bond acceptors (Lipinski definition) is 7. The number of hydrogen-bond donors (Lipinski definition) is 0. The monoisotopic (exact) mass is 439 g/mol. The van der Waals surface area contributed by atoms with Crippen LogP contribution in [-0.4, -0.2) is 42.6 Å². The average molecular weight is 440 g/mol. The molecular weight excluding hydrogens is 422 g/mol. The minimum Gasteiger partial charge on any atom is -0.804 e. The molecule has 0 N–H and O–H groups in total. The lowest BCUT2D eigenvalue weighted by atomic mass is 10.1. The lowest BCUT2D eigenvalue weighted by molar-refractivity contribution is -0.467. The predicted molar refractivity (Wildman–Crippen MR) is 114 cm³/mol. The van der Waals surface area contributed by atoms with Gasteiger partial charge >= 0.3 is 5.69 Å². The minimum atomic E-state index is -0.214. The van der Waals surface area contributed by atoms with Crippen molar-refractivity contribution in [2.24, 2.45) is 0 Å². The van der Waals surface area contributed by atoms with E-state index in [9.17, 15) is 15.4 Å². The quantitative estimate of drug-likeness (QED) is 0.578. The second-order valence-corrected chi connectivity index (χ2v) is 7.89. The molecule has 1 fully saturated rings. The molecule has 2 aromatic carbocycles. The van der Waals surface area contributed by atoms with Gasteiger partial charge in [0.25, 0.3) is 5.52 Å². The predicted octanol–water partition coefficient (Wildman–Crippen LogP) is 2.48. The summed E-state index contributed by atoms with van der Waals surface area (Å²) in [5.74, 6) is 1.56. The lowest BCUT2D eigenvalue weighted by Gasteiger charge is -2.37. The highest BCUT2D eigenvalue weighted by Crippen LogP contribution is 2.33. The van der Waals surface area contributed by atoms with Crippen LogP contribution < -0.4 is 18.8 Å². The molecule has 0 atom stereocenters. The fourth-order valence-electron chi connectivity index (χ4n) is 4.04. The van der Waals surface area contributed by atoms with Gasteiger partial charge in [-0.15, -0.1) is 0 Å². The topological polar surface area (TPSA) is 99.7 Å². The van der Waals surface area contributed by atoms with Crippen LogP contribution in [0.3, 0.4) is 0 Å². The summed E-state index contributed by atoms with van der Waals surface area (Å²) in [7, 11) is 0. The normalized spacial score (nSPS) is 15.9. The van der Waals surface area contributed by atoms with Crippen molar-refractivity contribution in [3.63, 3.8) is 0 Å². The Bertz CT molecular complexity index is 1280. The smallest absolute Gasteiger partial charge is 0.379 e. The van der Waals surface area contributed by atoms with E-state index in [-0.39, 0.29) is 29.3 Å². The number of ether oxygens (including phenoxy) is 2. The molecule has 0 amide bonds. The van der Waals surface area contributed by atoms with E-state index in [1.165, 1.54) is 18.2 Å². The van der Waals surface area contributed by atoms with Gasteiger partial charge in [0.15, 0.2) is 23.4 Å². The minimum absolute atomic E-state index is 0.0648. The third kappa shape index (κ3) is 3.40. The molecule has 31 heavy (non-hydrogen) atoms. The molecule has 1 saturated heterocycles. The van der Waals surface area contributed by atoms with Crippen LogP contribution in [0.15, 0.2) is 36.4 Å². The van der Waals surface area contributed by atoms with Crippen molar-refractivity contribution in [2.75, 3.05) is 37.9 Å². The second kappa shape index (κ2) is 7.65. The standard InChI is InChI=1S/C21H18ClN5O4/c22-15-2-3-16-17(10-15)27(29)21(18(11-23)26(16)28)25-7-5-24(6-8-25)12-14-1-4-19-20(9-14)31-13-30-19/h1-4,9-10H,5-8,12-13H2. The first-order chi connectivity index (χ1) is 15.0. The average Bonchev–Trinajstić information content (AvgIpc) is 3.24. The van der Waals surface area contributed by atoms with Crippen molar-refractivity contribution in [1.82, 2.24) is 9.63 Å². The zero-order valence-electron chi connectivity index (χ0n) is 16.5. The number of fused-ring (bicyclic) bond motifs is 2. The van der Waals surface area contributed by atoms with E-state index >= 15 is 0 Å². The molecule has 0 spiro atoms. The van der Waals surface area contributed by atoms with Crippen LogP contribution >= 0.6 is 11.6 Å². The van der Waals surface area contributed by atoms with Crippen LogP contribution in [0.25, 0.3) is 11.0 Å². The first kappa shape index (κ1) is 19.5. The fourth-order valence-corrected chi connectivity index (χ4v) is 4.21. The Morgan fingerprint density at radius 1 is 1.10 bits per heavy atom. The van der Waals surface area contributed by atoms with Crippen LogP contribution in [0.4, 0.5) is 5.82 Å². The molecule has 3 aromatic rings. The summed E-state index contributed by atoms with van der Waals surface area (Å²) in [6.07, 6.45) is 0. The first-order valence-corrected chi connectivity index (χ1v) is 10.2. The van der Waals surface area contributed by atoms with Gasteiger partial charge in [0.2, 0.25) is 6.79 Å². The Morgan fingerprint density at radius 3 is 2.65 bits per heavy atom. The van der Waals surface area contributed by atoms with Gasteiger partial charge in [0.1, 0.15) is 5.52 Å². The van der Waals surface area contributed by atoms with Crippen molar-refractivity contribution in [1.29, 1.82) is 5.26 Å². The zero-order valence-corrected chi connectivity index (χ0v) is 17.2. The Labute approximate surface area is 182 Å². The lowest BCUT2D eigenvalue weighted by Crippen LogP contribution is -2.47. The SMILES string of the molecule is N#Cc1c(N2CCN(Cc3ccc4c(c3)OCO4)CC2)n([O-])c2cc(Cl)ccc2[n+]1=O. The molecular formula is C21H18ClN5O4. The highest BCUT2D eigenvalue weighted by atomic mass is 35.5. The van der Waals surface area contributed by atoms with E-state index < -0.39 is 0 Å². The van der Waals surface area contributed by atoms with Crippen LogP contribution in [0, 0.1) is 21.4 Å². The van der Waals surface area contributed by atoms with E-state index in [1.54, 1.807) is 4.90 Å². The Morgan fingerprint density at radius 2 is 1.87 bits per heavy atom. The van der Waals surface area contributed by atoms with Crippen LogP contribution in [0.5, 0.6) is 11.5 Å². The third-order valence-electron chi connectivity index (χ3n) is 5.60. The van der Waals surface area contributed by atoms with Crippen molar-refractivity contribution < 1.29 is 13.9 Å².